The summed E-state index contributed by atoms with van der Waals surface area (Å²) in [7, 11) is -3.63. The summed E-state index contributed by atoms with van der Waals surface area (Å²) in [6.07, 6.45) is 0. The normalized spacial score (nSPS) is 11.4. The summed E-state index contributed by atoms with van der Waals surface area (Å²) in [5.74, 6) is 0.688. The van der Waals surface area contributed by atoms with E-state index in [-0.39, 0.29) is 11.4 Å². The zero-order valence-corrected chi connectivity index (χ0v) is 14.9. The fraction of sp³-hybridized carbons (Fsp3) is 0.125. The van der Waals surface area contributed by atoms with Crippen molar-refractivity contribution in [3.05, 3.63) is 58.8 Å². The molecule has 1 aromatic carbocycles. The molecule has 130 valence electrons. The third kappa shape index (κ3) is 4.53. The van der Waals surface area contributed by atoms with E-state index in [9.17, 15) is 13.2 Å². The van der Waals surface area contributed by atoms with Crippen molar-refractivity contribution in [1.82, 2.24) is 4.98 Å². The van der Waals surface area contributed by atoms with E-state index < -0.39 is 15.9 Å². The van der Waals surface area contributed by atoms with Crippen molar-refractivity contribution in [3.8, 4) is 10.8 Å². The predicted octanol–water partition coefficient (Wildman–Crippen LogP) is 2.75. The van der Waals surface area contributed by atoms with Crippen molar-refractivity contribution in [1.29, 1.82) is 0 Å². The molecular weight excluding hydrogens is 362 g/mol. The molecule has 0 aliphatic carbocycles. The average Bonchev–Trinajstić information content (AvgIpc) is 3.14. The van der Waals surface area contributed by atoms with Crippen LogP contribution in [-0.4, -0.2) is 19.3 Å². The number of hydrogen-bond acceptors (Lipinski definition) is 6. The minimum atomic E-state index is -3.63. The molecule has 0 spiro atoms. The lowest BCUT2D eigenvalue weighted by Gasteiger charge is -2.05. The number of thiazole rings is 1. The number of hydrogen-bond donors (Lipinski definition) is 2. The van der Waals surface area contributed by atoms with Crippen LogP contribution in [0.15, 0.2) is 46.2 Å². The fourth-order valence-electron chi connectivity index (χ4n) is 2.21. The molecule has 0 saturated heterocycles. The molecule has 1 amide bonds. The number of aryl methyl sites for hydroxylation is 1. The van der Waals surface area contributed by atoms with E-state index >= 15 is 0 Å². The fourth-order valence-corrected chi connectivity index (χ4v) is 3.61. The lowest BCUT2D eigenvalue weighted by atomic mass is 10.2. The van der Waals surface area contributed by atoms with Gasteiger partial charge in [0, 0.05) is 11.1 Å². The molecule has 0 atom stereocenters. The second-order valence-electron chi connectivity index (χ2n) is 5.41. The Morgan fingerprint density at radius 1 is 1.32 bits per heavy atom. The molecule has 2 aromatic heterocycles. The van der Waals surface area contributed by atoms with Gasteiger partial charge in [-0.25, -0.2) is 18.5 Å². The number of rotatable bonds is 5. The van der Waals surface area contributed by atoms with Crippen LogP contribution in [0.5, 0.6) is 0 Å². The molecule has 0 aliphatic rings. The van der Waals surface area contributed by atoms with Crippen molar-refractivity contribution in [2.75, 3.05) is 5.32 Å². The van der Waals surface area contributed by atoms with E-state index in [2.05, 4.69) is 10.3 Å². The number of anilines is 1. The zero-order valence-electron chi connectivity index (χ0n) is 13.2. The molecule has 3 N–H and O–H groups in total. The number of sulfonamides is 1. The topological polar surface area (TPSA) is 115 Å². The number of aromatic nitrogens is 1. The first-order chi connectivity index (χ1) is 11.8. The van der Waals surface area contributed by atoms with Gasteiger partial charge in [0.2, 0.25) is 10.0 Å². The number of primary sulfonamides is 1. The van der Waals surface area contributed by atoms with E-state index in [1.165, 1.54) is 11.3 Å². The van der Waals surface area contributed by atoms with Gasteiger partial charge in [0.05, 0.1) is 5.75 Å². The molecule has 2 heterocycles. The van der Waals surface area contributed by atoms with Gasteiger partial charge in [0.25, 0.3) is 5.91 Å². The first-order valence-electron chi connectivity index (χ1n) is 7.23. The predicted molar refractivity (Wildman–Crippen MR) is 95.8 cm³/mol. The maximum Gasteiger partial charge on any atom is 0.275 e. The smallest absolute Gasteiger partial charge is 0.275 e. The third-order valence-corrected chi connectivity index (χ3v) is 4.83. The number of nitrogens with two attached hydrogens (primary N) is 1. The highest BCUT2D eigenvalue weighted by atomic mass is 32.2. The van der Waals surface area contributed by atoms with Crippen LogP contribution in [-0.2, 0) is 15.8 Å². The average molecular weight is 377 g/mol. The van der Waals surface area contributed by atoms with Gasteiger partial charge in [0.15, 0.2) is 10.8 Å². The number of carbonyl (C=O) groups excluding carboxylic acids is 1. The second kappa shape index (κ2) is 6.79. The number of nitrogens with one attached hydrogen (secondary N) is 1. The minimum Gasteiger partial charge on any atom is -0.459 e. The largest absolute Gasteiger partial charge is 0.459 e. The molecule has 9 heteroatoms. The van der Waals surface area contributed by atoms with Crippen LogP contribution in [0.1, 0.15) is 21.8 Å². The Kier molecular flexibility index (Phi) is 4.71. The maximum absolute atomic E-state index is 12.3. The Balaban J connectivity index is 1.74. The van der Waals surface area contributed by atoms with Crippen LogP contribution in [0.4, 0.5) is 5.69 Å². The van der Waals surface area contributed by atoms with Crippen LogP contribution < -0.4 is 10.5 Å². The molecule has 25 heavy (non-hydrogen) atoms. The second-order valence-corrected chi connectivity index (χ2v) is 7.88. The van der Waals surface area contributed by atoms with Crippen molar-refractivity contribution in [3.63, 3.8) is 0 Å². The Labute approximate surface area is 148 Å². The van der Waals surface area contributed by atoms with Gasteiger partial charge in [-0.1, -0.05) is 12.1 Å². The van der Waals surface area contributed by atoms with Gasteiger partial charge in [-0.2, -0.15) is 0 Å². The molecule has 0 bridgehead atoms. The summed E-state index contributed by atoms with van der Waals surface area (Å²) in [6.45, 7) is 1.83. The quantitative estimate of drug-likeness (QED) is 0.709. The van der Waals surface area contributed by atoms with Gasteiger partial charge in [0.1, 0.15) is 11.5 Å². The van der Waals surface area contributed by atoms with Crippen molar-refractivity contribution in [2.24, 2.45) is 5.14 Å². The summed E-state index contributed by atoms with van der Waals surface area (Å²) in [6, 6.07) is 10.1. The Morgan fingerprint density at radius 3 is 2.80 bits per heavy atom. The SMILES string of the molecule is Cc1ccc(-c2nc(C(=O)Nc3cccc(CS(N)(=O)=O)c3)cs2)o1. The summed E-state index contributed by atoms with van der Waals surface area (Å²) in [4.78, 5) is 16.6. The highest BCUT2D eigenvalue weighted by molar-refractivity contribution is 7.88. The van der Waals surface area contributed by atoms with E-state index in [1.54, 1.807) is 35.7 Å². The van der Waals surface area contributed by atoms with Gasteiger partial charge >= 0.3 is 0 Å². The molecule has 3 rings (SSSR count). The third-order valence-electron chi connectivity index (χ3n) is 3.24. The molecule has 7 nitrogen and oxygen atoms in total. The Hall–Kier alpha value is -2.49. The summed E-state index contributed by atoms with van der Waals surface area (Å²) in [5.41, 5.74) is 1.21. The van der Waals surface area contributed by atoms with Gasteiger partial charge in [-0.15, -0.1) is 11.3 Å². The molecule has 0 fully saturated rings. The summed E-state index contributed by atoms with van der Waals surface area (Å²) >= 11 is 1.30. The lowest BCUT2D eigenvalue weighted by Crippen LogP contribution is -2.15. The summed E-state index contributed by atoms with van der Waals surface area (Å²) in [5, 5.41) is 9.98. The van der Waals surface area contributed by atoms with Crippen molar-refractivity contribution in [2.45, 2.75) is 12.7 Å². The minimum absolute atomic E-state index is 0.255. The lowest BCUT2D eigenvalue weighted by molar-refractivity contribution is 0.102. The molecule has 0 radical (unpaired) electrons. The van der Waals surface area contributed by atoms with Crippen LogP contribution in [0, 0.1) is 6.92 Å². The molecule has 0 saturated carbocycles. The number of benzene rings is 1. The van der Waals surface area contributed by atoms with E-state index in [1.807, 2.05) is 13.0 Å². The number of amides is 1. The van der Waals surface area contributed by atoms with Crippen LogP contribution in [0.25, 0.3) is 10.8 Å². The number of nitrogens with zero attached hydrogens (tertiary/aromatic N) is 1. The van der Waals surface area contributed by atoms with E-state index in [0.717, 1.165) is 5.76 Å². The van der Waals surface area contributed by atoms with Gasteiger partial charge < -0.3 is 9.73 Å². The maximum atomic E-state index is 12.3. The van der Waals surface area contributed by atoms with E-state index in [0.29, 0.717) is 22.0 Å². The first-order valence-corrected chi connectivity index (χ1v) is 9.83. The monoisotopic (exact) mass is 377 g/mol. The van der Waals surface area contributed by atoms with E-state index in [4.69, 9.17) is 9.56 Å². The first kappa shape index (κ1) is 17.3. The Bertz CT molecular complexity index is 1020. The summed E-state index contributed by atoms with van der Waals surface area (Å²) < 4.78 is 27.8. The molecular formula is C16H15N3O4S2. The zero-order chi connectivity index (χ0) is 18.0. The number of carbonyl (C=O) groups is 1. The van der Waals surface area contributed by atoms with Crippen molar-refractivity contribution < 1.29 is 17.6 Å². The van der Waals surface area contributed by atoms with Gasteiger partial charge in [-0.05, 0) is 36.8 Å². The van der Waals surface area contributed by atoms with Crippen LogP contribution in [0.2, 0.25) is 0 Å². The molecule has 0 aliphatic heterocycles. The highest BCUT2D eigenvalue weighted by Crippen LogP contribution is 2.26. The van der Waals surface area contributed by atoms with Crippen LogP contribution >= 0.6 is 11.3 Å². The standard InChI is InChI=1S/C16H15N3O4S2/c1-10-5-6-14(23-10)16-19-13(8-24-16)15(20)18-12-4-2-3-11(7-12)9-25(17,21)22/h2-8H,9H2,1H3,(H,18,20)(H2,17,21,22). The molecule has 3 aromatic rings. The van der Waals surface area contributed by atoms with Crippen LogP contribution in [0.3, 0.4) is 0 Å². The highest BCUT2D eigenvalue weighted by Gasteiger charge is 2.14. The number of furan rings is 1. The Morgan fingerprint density at radius 2 is 2.12 bits per heavy atom. The molecule has 0 unspecified atom stereocenters. The van der Waals surface area contributed by atoms with Crippen molar-refractivity contribution >= 4 is 33.0 Å². The van der Waals surface area contributed by atoms with Gasteiger partial charge in [-0.3, -0.25) is 4.79 Å².